The number of carbonyl (C=O) groups excluding carboxylic acids is 2. The average molecular weight is 396 g/mol. The fourth-order valence-corrected chi connectivity index (χ4v) is 2.74. The minimum Gasteiger partial charge on any atom is -0.456 e. The molecule has 0 aliphatic heterocycles. The Morgan fingerprint density at radius 3 is 2.52 bits per heavy atom. The summed E-state index contributed by atoms with van der Waals surface area (Å²) < 4.78 is 31.1. The normalized spacial score (nSPS) is 10.3. The van der Waals surface area contributed by atoms with Crippen molar-refractivity contribution >= 4 is 35.0 Å². The van der Waals surface area contributed by atoms with Crippen molar-refractivity contribution in [1.29, 1.82) is 0 Å². The molecule has 0 saturated carbocycles. The molecule has 2 aromatic rings. The SMILES string of the molecule is O=C(COC(=O)CCSc1ccc(F)cc1)Nc1cc([N+](=O)[O-])ccc1F. The van der Waals surface area contributed by atoms with Crippen LogP contribution in [-0.4, -0.2) is 29.2 Å². The first-order chi connectivity index (χ1) is 12.8. The van der Waals surface area contributed by atoms with E-state index in [0.717, 1.165) is 23.1 Å². The predicted octanol–water partition coefficient (Wildman–Crippen LogP) is 3.54. The average Bonchev–Trinajstić information content (AvgIpc) is 2.63. The van der Waals surface area contributed by atoms with E-state index in [2.05, 4.69) is 5.32 Å². The van der Waals surface area contributed by atoms with Crippen LogP contribution in [0.5, 0.6) is 0 Å². The predicted molar refractivity (Wildman–Crippen MR) is 94.4 cm³/mol. The highest BCUT2D eigenvalue weighted by atomic mass is 32.2. The number of anilines is 1. The maximum Gasteiger partial charge on any atom is 0.307 e. The number of halogens is 2. The van der Waals surface area contributed by atoms with Crippen LogP contribution in [0.25, 0.3) is 0 Å². The van der Waals surface area contributed by atoms with Crippen molar-refractivity contribution in [2.45, 2.75) is 11.3 Å². The summed E-state index contributed by atoms with van der Waals surface area (Å²) in [6.45, 7) is -0.651. The van der Waals surface area contributed by atoms with E-state index >= 15 is 0 Å². The first-order valence-electron chi connectivity index (χ1n) is 7.63. The zero-order valence-corrected chi connectivity index (χ0v) is 14.6. The minimum absolute atomic E-state index is 0.0144. The van der Waals surface area contributed by atoms with Gasteiger partial charge in [0.15, 0.2) is 6.61 Å². The zero-order chi connectivity index (χ0) is 19.8. The number of esters is 1. The van der Waals surface area contributed by atoms with Gasteiger partial charge in [0, 0.05) is 22.8 Å². The summed E-state index contributed by atoms with van der Waals surface area (Å²) in [4.78, 5) is 34.0. The number of carbonyl (C=O) groups is 2. The first-order valence-corrected chi connectivity index (χ1v) is 8.61. The van der Waals surface area contributed by atoms with Crippen molar-refractivity contribution < 1.29 is 28.0 Å². The molecule has 2 rings (SSSR count). The molecule has 7 nitrogen and oxygen atoms in total. The number of nitro groups is 1. The molecule has 1 amide bonds. The highest BCUT2D eigenvalue weighted by molar-refractivity contribution is 7.99. The second kappa shape index (κ2) is 9.62. The van der Waals surface area contributed by atoms with E-state index in [-0.39, 0.29) is 23.6 Å². The smallest absolute Gasteiger partial charge is 0.307 e. The number of nitrogens with zero attached hydrogens (tertiary/aromatic N) is 1. The largest absolute Gasteiger partial charge is 0.456 e. The number of ether oxygens (including phenoxy) is 1. The van der Waals surface area contributed by atoms with E-state index in [1.54, 1.807) is 12.1 Å². The van der Waals surface area contributed by atoms with E-state index in [9.17, 15) is 28.5 Å². The maximum atomic E-state index is 13.6. The van der Waals surface area contributed by atoms with Gasteiger partial charge in [0.2, 0.25) is 0 Å². The maximum absolute atomic E-state index is 13.6. The molecule has 0 saturated heterocycles. The van der Waals surface area contributed by atoms with Crippen molar-refractivity contribution in [1.82, 2.24) is 0 Å². The lowest BCUT2D eigenvalue weighted by Gasteiger charge is -2.07. The molecule has 10 heteroatoms. The third-order valence-corrected chi connectivity index (χ3v) is 4.20. The highest BCUT2D eigenvalue weighted by Crippen LogP contribution is 2.21. The fraction of sp³-hybridized carbons (Fsp3) is 0.176. The number of hydrogen-bond donors (Lipinski definition) is 1. The molecule has 142 valence electrons. The van der Waals surface area contributed by atoms with Crippen LogP contribution >= 0.6 is 11.8 Å². The van der Waals surface area contributed by atoms with Gasteiger partial charge in [0.1, 0.15) is 11.6 Å². The van der Waals surface area contributed by atoms with Gasteiger partial charge in [-0.3, -0.25) is 19.7 Å². The van der Waals surface area contributed by atoms with E-state index in [1.807, 2.05) is 0 Å². The number of hydrogen-bond acceptors (Lipinski definition) is 6. The summed E-state index contributed by atoms with van der Waals surface area (Å²) in [6, 6.07) is 8.44. The van der Waals surface area contributed by atoms with Gasteiger partial charge in [-0.25, -0.2) is 8.78 Å². The first kappa shape index (κ1) is 20.3. The van der Waals surface area contributed by atoms with Crippen LogP contribution in [0.2, 0.25) is 0 Å². The molecular weight excluding hydrogens is 382 g/mol. The summed E-state index contributed by atoms with van der Waals surface area (Å²) in [6.07, 6.45) is 0.0144. The molecule has 0 spiro atoms. The Labute approximate surface area is 156 Å². The molecule has 0 aliphatic carbocycles. The molecule has 0 bridgehead atoms. The van der Waals surface area contributed by atoms with Crippen molar-refractivity contribution in [2.75, 3.05) is 17.7 Å². The number of nitro benzene ring substituents is 1. The Kier molecular flexibility index (Phi) is 7.24. The molecule has 0 aromatic heterocycles. The van der Waals surface area contributed by atoms with Gasteiger partial charge in [-0.05, 0) is 30.3 Å². The summed E-state index contributed by atoms with van der Waals surface area (Å²) in [5, 5.41) is 12.8. The van der Waals surface area contributed by atoms with Gasteiger partial charge in [0.25, 0.3) is 11.6 Å². The summed E-state index contributed by atoms with van der Waals surface area (Å²) in [5.74, 6) is -2.31. The van der Waals surface area contributed by atoms with Gasteiger partial charge in [-0.15, -0.1) is 11.8 Å². The fourth-order valence-electron chi connectivity index (χ4n) is 1.91. The lowest BCUT2D eigenvalue weighted by molar-refractivity contribution is -0.384. The zero-order valence-electron chi connectivity index (χ0n) is 13.8. The van der Waals surface area contributed by atoms with Crippen LogP contribution < -0.4 is 5.32 Å². The van der Waals surface area contributed by atoms with Crippen molar-refractivity contribution in [2.24, 2.45) is 0 Å². The summed E-state index contributed by atoms with van der Waals surface area (Å²) in [7, 11) is 0. The molecule has 0 radical (unpaired) electrons. The Bertz CT molecular complexity index is 846. The van der Waals surface area contributed by atoms with E-state index in [4.69, 9.17) is 4.74 Å². The molecule has 0 unspecified atom stereocenters. The number of benzene rings is 2. The molecular formula is C17H14F2N2O5S. The van der Waals surface area contributed by atoms with Crippen LogP contribution in [0, 0.1) is 21.7 Å². The number of non-ortho nitro benzene ring substituents is 1. The van der Waals surface area contributed by atoms with Gasteiger partial charge in [-0.1, -0.05) is 0 Å². The van der Waals surface area contributed by atoms with E-state index in [1.165, 1.54) is 23.9 Å². The summed E-state index contributed by atoms with van der Waals surface area (Å²) in [5.41, 5.74) is -0.765. The van der Waals surface area contributed by atoms with E-state index < -0.39 is 29.2 Å². The Hall–Kier alpha value is -3.01. The van der Waals surface area contributed by atoms with Crippen molar-refractivity contribution in [3.63, 3.8) is 0 Å². The van der Waals surface area contributed by atoms with Crippen LogP contribution in [0.15, 0.2) is 47.4 Å². The van der Waals surface area contributed by atoms with E-state index in [0.29, 0.717) is 5.75 Å². The van der Waals surface area contributed by atoms with Gasteiger partial charge in [0.05, 0.1) is 17.0 Å². The minimum atomic E-state index is -0.851. The van der Waals surface area contributed by atoms with Crippen LogP contribution in [0.4, 0.5) is 20.2 Å². The standard InChI is InChI=1S/C17H14F2N2O5S/c18-11-1-4-13(5-2-11)27-8-7-17(23)26-10-16(22)20-15-9-12(21(24)25)3-6-14(15)19/h1-6,9H,7-8,10H2,(H,20,22). The molecule has 1 N–H and O–H groups in total. The number of amides is 1. The topological polar surface area (TPSA) is 98.5 Å². The number of rotatable bonds is 8. The monoisotopic (exact) mass is 396 g/mol. The van der Waals surface area contributed by atoms with Gasteiger partial charge >= 0.3 is 5.97 Å². The third-order valence-electron chi connectivity index (χ3n) is 3.19. The molecule has 27 heavy (non-hydrogen) atoms. The Morgan fingerprint density at radius 1 is 1.15 bits per heavy atom. The molecule has 0 fully saturated rings. The number of nitrogens with one attached hydrogen (secondary N) is 1. The highest BCUT2D eigenvalue weighted by Gasteiger charge is 2.14. The van der Waals surface area contributed by atoms with Crippen LogP contribution in [0.1, 0.15) is 6.42 Å². The lowest BCUT2D eigenvalue weighted by Crippen LogP contribution is -2.21. The van der Waals surface area contributed by atoms with Crippen LogP contribution in [0.3, 0.4) is 0 Å². The van der Waals surface area contributed by atoms with Crippen molar-refractivity contribution in [3.8, 4) is 0 Å². The van der Waals surface area contributed by atoms with Crippen LogP contribution in [-0.2, 0) is 14.3 Å². The molecule has 0 aliphatic rings. The van der Waals surface area contributed by atoms with Gasteiger partial charge in [-0.2, -0.15) is 0 Å². The third kappa shape index (κ3) is 6.66. The number of thioether (sulfide) groups is 1. The Morgan fingerprint density at radius 2 is 1.85 bits per heavy atom. The van der Waals surface area contributed by atoms with Crippen molar-refractivity contribution in [3.05, 3.63) is 64.2 Å². The molecule has 0 heterocycles. The second-order valence-corrected chi connectivity index (χ2v) is 6.35. The quantitative estimate of drug-likeness (QED) is 0.317. The summed E-state index contributed by atoms with van der Waals surface area (Å²) >= 11 is 1.32. The lowest BCUT2D eigenvalue weighted by atomic mass is 10.2. The second-order valence-electron chi connectivity index (χ2n) is 5.18. The van der Waals surface area contributed by atoms with Gasteiger partial charge < -0.3 is 10.1 Å². The Balaban J connectivity index is 1.75. The molecule has 2 aromatic carbocycles. The molecule has 0 atom stereocenters.